The average Bonchev–Trinajstić information content (AvgIpc) is 3.43. The van der Waals surface area contributed by atoms with Gasteiger partial charge < -0.3 is 0 Å². The lowest BCUT2D eigenvalue weighted by Crippen LogP contribution is -2.26. The smallest absolute Gasteiger partial charge is 0.224 e. The summed E-state index contributed by atoms with van der Waals surface area (Å²) in [6.45, 7) is 6.47. The van der Waals surface area contributed by atoms with E-state index in [1.807, 2.05) is 30.3 Å². The standard InChI is InChI=1S/C36H26F6N2/c1-33(2,3)19-21-9-8-14-27-31(21)24-16-15-20(32-43-29(35(37,38)39)18-30(44-32)36(40,41)42)17-28(24)34(27)25-12-6-4-10-22(25)23-11-5-7-13-26(23)34/h4-18H,19H2,1-3H3. The molecule has 1 aromatic heterocycles. The van der Waals surface area contributed by atoms with Gasteiger partial charge in [-0.1, -0.05) is 99.6 Å². The summed E-state index contributed by atoms with van der Waals surface area (Å²) >= 11 is 0. The van der Waals surface area contributed by atoms with Crippen LogP contribution in [0.5, 0.6) is 0 Å². The van der Waals surface area contributed by atoms with E-state index in [0.717, 1.165) is 56.5 Å². The van der Waals surface area contributed by atoms with E-state index in [2.05, 4.69) is 67.1 Å². The Bertz CT molecular complexity index is 1890. The number of nitrogens with zero attached hydrogens (tertiary/aromatic N) is 2. The normalized spacial score (nSPS) is 14.8. The predicted octanol–water partition coefficient (Wildman–Crippen LogP) is 10.1. The van der Waals surface area contributed by atoms with Crippen LogP contribution in [0.4, 0.5) is 26.3 Å². The van der Waals surface area contributed by atoms with Crippen LogP contribution in [0.15, 0.2) is 91.0 Å². The molecule has 1 heterocycles. The molecule has 0 N–H and O–H groups in total. The third kappa shape index (κ3) is 4.18. The maximum absolute atomic E-state index is 13.7. The molecular formula is C36H26F6N2. The van der Waals surface area contributed by atoms with Crippen LogP contribution in [-0.4, -0.2) is 9.97 Å². The largest absolute Gasteiger partial charge is 0.433 e. The second-order valence-electron chi connectivity index (χ2n) is 12.6. The highest BCUT2D eigenvalue weighted by Crippen LogP contribution is 2.63. The molecule has 4 aromatic carbocycles. The van der Waals surface area contributed by atoms with Crippen molar-refractivity contribution in [3.05, 3.63) is 130 Å². The van der Waals surface area contributed by atoms with E-state index < -0.39 is 35.0 Å². The Balaban J connectivity index is 1.57. The third-order valence-corrected chi connectivity index (χ3v) is 8.49. The number of hydrogen-bond donors (Lipinski definition) is 0. The zero-order valence-electron chi connectivity index (χ0n) is 24.0. The first-order valence-electron chi connectivity index (χ1n) is 14.2. The van der Waals surface area contributed by atoms with Crippen LogP contribution < -0.4 is 0 Å². The summed E-state index contributed by atoms with van der Waals surface area (Å²) in [4.78, 5) is 7.19. The lowest BCUT2D eigenvalue weighted by atomic mass is 9.70. The van der Waals surface area contributed by atoms with Crippen molar-refractivity contribution in [1.82, 2.24) is 9.97 Å². The van der Waals surface area contributed by atoms with Crippen LogP contribution >= 0.6 is 0 Å². The second kappa shape index (κ2) is 9.27. The van der Waals surface area contributed by atoms with Gasteiger partial charge in [0.05, 0.1) is 5.41 Å². The number of benzene rings is 4. The average molecular weight is 601 g/mol. The molecule has 2 aliphatic rings. The van der Waals surface area contributed by atoms with E-state index in [1.165, 1.54) is 6.07 Å². The molecule has 2 aliphatic carbocycles. The van der Waals surface area contributed by atoms with E-state index >= 15 is 0 Å². The van der Waals surface area contributed by atoms with Crippen LogP contribution in [0.3, 0.4) is 0 Å². The maximum atomic E-state index is 13.7. The van der Waals surface area contributed by atoms with Crippen molar-refractivity contribution in [2.75, 3.05) is 0 Å². The summed E-state index contributed by atoms with van der Waals surface area (Å²) in [5.74, 6) is -0.629. The van der Waals surface area contributed by atoms with Gasteiger partial charge in [0.15, 0.2) is 5.82 Å². The monoisotopic (exact) mass is 600 g/mol. The van der Waals surface area contributed by atoms with Crippen molar-refractivity contribution in [1.29, 1.82) is 0 Å². The van der Waals surface area contributed by atoms with Crippen LogP contribution in [0.25, 0.3) is 33.6 Å². The molecule has 0 saturated heterocycles. The van der Waals surface area contributed by atoms with Crippen LogP contribution in [0.2, 0.25) is 0 Å². The maximum Gasteiger partial charge on any atom is 0.433 e. The molecule has 0 amide bonds. The number of rotatable bonds is 2. The molecule has 0 atom stereocenters. The van der Waals surface area contributed by atoms with Crippen molar-refractivity contribution in [3.63, 3.8) is 0 Å². The van der Waals surface area contributed by atoms with Gasteiger partial charge in [0, 0.05) is 5.56 Å². The summed E-state index contributed by atoms with van der Waals surface area (Å²) in [6, 6.07) is 27.2. The molecule has 222 valence electrons. The first kappa shape index (κ1) is 28.3. The second-order valence-corrected chi connectivity index (χ2v) is 12.6. The van der Waals surface area contributed by atoms with E-state index in [4.69, 9.17) is 0 Å². The van der Waals surface area contributed by atoms with Crippen molar-refractivity contribution >= 4 is 0 Å². The minimum absolute atomic E-state index is 0.0452. The highest BCUT2D eigenvalue weighted by molar-refractivity contribution is 5.96. The van der Waals surface area contributed by atoms with Gasteiger partial charge in [-0.2, -0.15) is 26.3 Å². The summed E-state index contributed by atoms with van der Waals surface area (Å²) in [5, 5.41) is 0. The van der Waals surface area contributed by atoms with Gasteiger partial charge in [-0.25, -0.2) is 9.97 Å². The molecule has 0 unspecified atom stereocenters. The number of aromatic nitrogens is 2. The molecule has 0 aliphatic heterocycles. The summed E-state index contributed by atoms with van der Waals surface area (Å²) in [7, 11) is 0. The molecular weight excluding hydrogens is 574 g/mol. The highest BCUT2D eigenvalue weighted by Gasteiger charge is 2.52. The molecule has 2 nitrogen and oxygen atoms in total. The van der Waals surface area contributed by atoms with Crippen molar-refractivity contribution in [2.45, 2.75) is 45.0 Å². The minimum atomic E-state index is -5.09. The van der Waals surface area contributed by atoms with Crippen molar-refractivity contribution in [3.8, 4) is 33.6 Å². The van der Waals surface area contributed by atoms with Gasteiger partial charge >= 0.3 is 12.4 Å². The molecule has 0 saturated carbocycles. The highest BCUT2D eigenvalue weighted by atomic mass is 19.4. The summed E-state index contributed by atoms with van der Waals surface area (Å²) < 4.78 is 82.5. The molecule has 7 rings (SSSR count). The quantitative estimate of drug-likeness (QED) is 0.185. The minimum Gasteiger partial charge on any atom is -0.224 e. The third-order valence-electron chi connectivity index (χ3n) is 8.49. The lowest BCUT2D eigenvalue weighted by Gasteiger charge is -2.31. The fourth-order valence-electron chi connectivity index (χ4n) is 6.99. The fourth-order valence-corrected chi connectivity index (χ4v) is 6.99. The molecule has 5 aromatic rings. The Morgan fingerprint density at radius 3 is 1.66 bits per heavy atom. The van der Waals surface area contributed by atoms with Crippen LogP contribution in [0, 0.1) is 5.41 Å². The van der Waals surface area contributed by atoms with Crippen molar-refractivity contribution in [2.24, 2.45) is 5.41 Å². The van der Waals surface area contributed by atoms with E-state index in [9.17, 15) is 26.3 Å². The Morgan fingerprint density at radius 1 is 0.568 bits per heavy atom. The van der Waals surface area contributed by atoms with Gasteiger partial charge in [-0.15, -0.1) is 0 Å². The lowest BCUT2D eigenvalue weighted by molar-refractivity contribution is -0.147. The molecule has 1 spiro atoms. The number of alkyl halides is 6. The first-order valence-corrected chi connectivity index (χ1v) is 14.2. The summed E-state index contributed by atoms with van der Waals surface area (Å²) in [6.07, 6.45) is -9.41. The SMILES string of the molecule is CC(C)(C)Cc1cccc2c1-c1ccc(-c3nc(C(F)(F)F)cc(C(F)(F)F)n3)cc1C21c2ccccc2-c2ccccc21. The predicted molar refractivity (Wildman–Crippen MR) is 157 cm³/mol. The van der Waals surface area contributed by atoms with Gasteiger partial charge in [-0.3, -0.25) is 0 Å². The van der Waals surface area contributed by atoms with Crippen LogP contribution in [-0.2, 0) is 24.2 Å². The van der Waals surface area contributed by atoms with Crippen molar-refractivity contribution < 1.29 is 26.3 Å². The molecule has 0 fully saturated rings. The van der Waals surface area contributed by atoms with E-state index in [-0.39, 0.29) is 17.0 Å². The number of halogens is 6. The zero-order chi connectivity index (χ0) is 31.2. The van der Waals surface area contributed by atoms with E-state index in [0.29, 0.717) is 0 Å². The Morgan fingerprint density at radius 2 is 1.11 bits per heavy atom. The van der Waals surface area contributed by atoms with Crippen LogP contribution in [0.1, 0.15) is 60.0 Å². The Hall–Kier alpha value is -4.46. The molecule has 8 heteroatoms. The molecule has 44 heavy (non-hydrogen) atoms. The Kier molecular flexibility index (Phi) is 5.97. The Labute approximate surface area is 250 Å². The molecule has 0 bridgehead atoms. The fraction of sp³-hybridized carbons (Fsp3) is 0.222. The molecule has 0 radical (unpaired) electrons. The van der Waals surface area contributed by atoms with E-state index in [1.54, 1.807) is 12.1 Å². The topological polar surface area (TPSA) is 25.8 Å². The van der Waals surface area contributed by atoms with Gasteiger partial charge in [-0.05, 0) is 74.0 Å². The van der Waals surface area contributed by atoms with Gasteiger partial charge in [0.1, 0.15) is 11.4 Å². The van der Waals surface area contributed by atoms with Gasteiger partial charge in [0.2, 0.25) is 0 Å². The number of hydrogen-bond acceptors (Lipinski definition) is 2. The number of fused-ring (bicyclic) bond motifs is 10. The summed E-state index contributed by atoms with van der Waals surface area (Å²) in [5.41, 5.74) is 4.84. The van der Waals surface area contributed by atoms with Gasteiger partial charge in [0.25, 0.3) is 0 Å². The zero-order valence-corrected chi connectivity index (χ0v) is 24.0. The first-order chi connectivity index (χ1) is 20.7.